The number of hydrogen-bond donors (Lipinski definition) is 1. The summed E-state index contributed by atoms with van der Waals surface area (Å²) in [5.41, 5.74) is 3.91. The van der Waals surface area contributed by atoms with Crippen LogP contribution in [0.25, 0.3) is 5.76 Å². The van der Waals surface area contributed by atoms with Crippen LogP contribution in [0.2, 0.25) is 0 Å². The Morgan fingerprint density at radius 1 is 0.914 bits per heavy atom. The van der Waals surface area contributed by atoms with Gasteiger partial charge in [0.15, 0.2) is 0 Å². The summed E-state index contributed by atoms with van der Waals surface area (Å²) >= 11 is 0. The maximum absolute atomic E-state index is 13.3. The van der Waals surface area contributed by atoms with Gasteiger partial charge in [0.1, 0.15) is 11.5 Å². The third-order valence-electron chi connectivity index (χ3n) is 6.19. The molecule has 1 aliphatic heterocycles. The molecule has 5 heteroatoms. The molecule has 0 saturated carbocycles. The van der Waals surface area contributed by atoms with Crippen molar-refractivity contribution in [1.82, 2.24) is 0 Å². The Labute approximate surface area is 206 Å². The highest BCUT2D eigenvalue weighted by Crippen LogP contribution is 2.42. The van der Waals surface area contributed by atoms with Crippen molar-refractivity contribution < 1.29 is 19.4 Å². The number of ether oxygens (including phenoxy) is 1. The highest BCUT2D eigenvalue weighted by atomic mass is 16.5. The lowest BCUT2D eigenvalue weighted by molar-refractivity contribution is -0.132. The van der Waals surface area contributed by atoms with E-state index in [0.29, 0.717) is 23.6 Å². The molecule has 0 bridgehead atoms. The lowest BCUT2D eigenvalue weighted by atomic mass is 9.95. The van der Waals surface area contributed by atoms with E-state index < -0.39 is 17.7 Å². The van der Waals surface area contributed by atoms with E-state index in [-0.39, 0.29) is 11.3 Å². The Bertz CT molecular complexity index is 1220. The predicted octanol–water partition coefficient (Wildman–Crippen LogP) is 6.50. The van der Waals surface area contributed by atoms with Gasteiger partial charge in [-0.05, 0) is 73.4 Å². The molecule has 180 valence electrons. The van der Waals surface area contributed by atoms with Crippen LogP contribution in [0.15, 0.2) is 78.4 Å². The van der Waals surface area contributed by atoms with Gasteiger partial charge in [0.25, 0.3) is 11.7 Å². The van der Waals surface area contributed by atoms with Gasteiger partial charge in [-0.1, -0.05) is 56.2 Å². The Balaban J connectivity index is 1.76. The van der Waals surface area contributed by atoms with E-state index in [1.54, 1.807) is 24.3 Å². The third-order valence-corrected chi connectivity index (χ3v) is 6.19. The van der Waals surface area contributed by atoms with Gasteiger partial charge in [-0.3, -0.25) is 14.5 Å². The second kappa shape index (κ2) is 10.6. The van der Waals surface area contributed by atoms with Gasteiger partial charge in [0.05, 0.1) is 18.2 Å². The zero-order chi connectivity index (χ0) is 24.9. The number of aliphatic hydroxyl groups is 1. The van der Waals surface area contributed by atoms with Crippen molar-refractivity contribution in [2.45, 2.75) is 46.1 Å². The van der Waals surface area contributed by atoms with Gasteiger partial charge in [0.2, 0.25) is 0 Å². The average molecular weight is 470 g/mol. The molecule has 1 N–H and O–H groups in total. The van der Waals surface area contributed by atoms with E-state index in [4.69, 9.17) is 4.74 Å². The SMILES string of the molecule is CCCCCOc1ccc(/C(O)=C2\C(=O)C(=O)N(c3cc(C)cc(C)c3)C2c2ccccc2)cc1. The fraction of sp³-hybridized carbons (Fsp3) is 0.267. The minimum atomic E-state index is -0.734. The molecule has 0 radical (unpaired) electrons. The van der Waals surface area contributed by atoms with Crippen LogP contribution in [0.1, 0.15) is 54.5 Å². The average Bonchev–Trinajstić information content (AvgIpc) is 3.12. The molecule has 1 saturated heterocycles. The third kappa shape index (κ3) is 5.14. The lowest BCUT2D eigenvalue weighted by Crippen LogP contribution is -2.29. The number of benzene rings is 3. The molecule has 0 aliphatic carbocycles. The molecule has 1 amide bonds. The van der Waals surface area contributed by atoms with Gasteiger partial charge < -0.3 is 9.84 Å². The number of aryl methyl sites for hydroxylation is 2. The van der Waals surface area contributed by atoms with Gasteiger partial charge in [-0.25, -0.2) is 0 Å². The summed E-state index contributed by atoms with van der Waals surface area (Å²) in [6.45, 7) is 6.69. The Hall–Kier alpha value is -3.86. The summed E-state index contributed by atoms with van der Waals surface area (Å²) in [5.74, 6) is -0.841. The summed E-state index contributed by atoms with van der Waals surface area (Å²) in [6, 6.07) is 21.4. The first-order valence-corrected chi connectivity index (χ1v) is 12.1. The van der Waals surface area contributed by atoms with Crippen molar-refractivity contribution in [2.24, 2.45) is 0 Å². The van der Waals surface area contributed by atoms with Crippen LogP contribution in [0.5, 0.6) is 5.75 Å². The van der Waals surface area contributed by atoms with E-state index in [9.17, 15) is 14.7 Å². The molecule has 0 spiro atoms. The van der Waals surface area contributed by atoms with Gasteiger partial charge >= 0.3 is 0 Å². The van der Waals surface area contributed by atoms with Gasteiger partial charge in [-0.2, -0.15) is 0 Å². The molecule has 5 nitrogen and oxygen atoms in total. The highest BCUT2D eigenvalue weighted by molar-refractivity contribution is 6.51. The number of hydrogen-bond acceptors (Lipinski definition) is 4. The molecule has 4 rings (SSSR count). The number of unbranched alkanes of at least 4 members (excludes halogenated alkanes) is 2. The summed E-state index contributed by atoms with van der Waals surface area (Å²) in [6.07, 6.45) is 3.22. The van der Waals surface area contributed by atoms with Crippen molar-refractivity contribution in [2.75, 3.05) is 11.5 Å². The van der Waals surface area contributed by atoms with Gasteiger partial charge in [0, 0.05) is 11.3 Å². The first kappa shape index (κ1) is 24.3. The number of rotatable bonds is 8. The van der Waals surface area contributed by atoms with Crippen molar-refractivity contribution >= 4 is 23.1 Å². The van der Waals surface area contributed by atoms with E-state index in [1.807, 2.05) is 62.4 Å². The second-order valence-corrected chi connectivity index (χ2v) is 9.01. The number of ketones is 1. The Kier molecular flexibility index (Phi) is 7.35. The number of anilines is 1. The van der Waals surface area contributed by atoms with Gasteiger partial charge in [-0.15, -0.1) is 0 Å². The van der Waals surface area contributed by atoms with Crippen LogP contribution in [0, 0.1) is 13.8 Å². The van der Waals surface area contributed by atoms with Crippen LogP contribution < -0.4 is 9.64 Å². The molecule has 1 unspecified atom stereocenters. The van der Waals surface area contributed by atoms with E-state index >= 15 is 0 Å². The summed E-state index contributed by atoms with van der Waals surface area (Å²) in [4.78, 5) is 28.1. The zero-order valence-corrected chi connectivity index (χ0v) is 20.5. The van der Waals surface area contributed by atoms with E-state index in [2.05, 4.69) is 6.92 Å². The van der Waals surface area contributed by atoms with Crippen molar-refractivity contribution in [3.8, 4) is 5.75 Å². The first-order chi connectivity index (χ1) is 16.9. The topological polar surface area (TPSA) is 66.8 Å². The number of Topliss-reactive ketones (excluding diaryl/α,β-unsaturated/α-hetero) is 1. The molecular weight excluding hydrogens is 438 g/mol. The normalized spacial score (nSPS) is 17.1. The van der Waals surface area contributed by atoms with Crippen LogP contribution in [0.4, 0.5) is 5.69 Å². The first-order valence-electron chi connectivity index (χ1n) is 12.1. The Morgan fingerprint density at radius 3 is 2.20 bits per heavy atom. The molecule has 1 heterocycles. The van der Waals surface area contributed by atoms with Crippen molar-refractivity contribution in [1.29, 1.82) is 0 Å². The quantitative estimate of drug-likeness (QED) is 0.177. The molecule has 1 fully saturated rings. The van der Waals surface area contributed by atoms with E-state index in [1.165, 1.54) is 4.90 Å². The van der Waals surface area contributed by atoms with Crippen LogP contribution in [-0.2, 0) is 9.59 Å². The van der Waals surface area contributed by atoms with Crippen LogP contribution in [-0.4, -0.2) is 23.4 Å². The second-order valence-electron chi connectivity index (χ2n) is 9.01. The molecular formula is C30H31NO4. The number of nitrogens with zero attached hydrogens (tertiary/aromatic N) is 1. The lowest BCUT2D eigenvalue weighted by Gasteiger charge is -2.26. The molecule has 3 aromatic carbocycles. The highest BCUT2D eigenvalue weighted by Gasteiger charge is 2.47. The Morgan fingerprint density at radius 2 is 1.57 bits per heavy atom. The zero-order valence-electron chi connectivity index (χ0n) is 20.5. The minimum absolute atomic E-state index is 0.0805. The summed E-state index contributed by atoms with van der Waals surface area (Å²) in [7, 11) is 0. The molecule has 3 aromatic rings. The largest absolute Gasteiger partial charge is 0.507 e. The number of aliphatic hydroxyl groups excluding tert-OH is 1. The van der Waals surface area contributed by atoms with E-state index in [0.717, 1.165) is 36.0 Å². The maximum atomic E-state index is 13.3. The van der Waals surface area contributed by atoms with Crippen LogP contribution in [0.3, 0.4) is 0 Å². The molecule has 1 atom stereocenters. The molecule has 35 heavy (non-hydrogen) atoms. The van der Waals surface area contributed by atoms with Crippen molar-refractivity contribution in [3.63, 3.8) is 0 Å². The summed E-state index contributed by atoms with van der Waals surface area (Å²) in [5, 5.41) is 11.3. The monoisotopic (exact) mass is 469 g/mol. The number of carbonyl (C=O) groups excluding carboxylic acids is 2. The summed E-state index contributed by atoms with van der Waals surface area (Å²) < 4.78 is 5.77. The maximum Gasteiger partial charge on any atom is 0.300 e. The fourth-order valence-corrected chi connectivity index (χ4v) is 4.55. The molecule has 0 aromatic heterocycles. The smallest absolute Gasteiger partial charge is 0.300 e. The minimum Gasteiger partial charge on any atom is -0.507 e. The predicted molar refractivity (Wildman–Crippen MR) is 139 cm³/mol. The van der Waals surface area contributed by atoms with Crippen LogP contribution >= 0.6 is 0 Å². The molecule has 1 aliphatic rings. The number of carbonyl (C=O) groups is 2. The fourth-order valence-electron chi connectivity index (χ4n) is 4.55. The number of amides is 1. The van der Waals surface area contributed by atoms with Crippen molar-refractivity contribution in [3.05, 3.63) is 101 Å². The standard InChI is InChI=1S/C30H31NO4/c1-4-5-9-16-35-25-14-12-23(13-15-25)28(32)26-27(22-10-7-6-8-11-22)31(30(34)29(26)33)24-18-20(2)17-21(3)19-24/h6-8,10-15,17-19,27,32H,4-5,9,16H2,1-3H3/b28-26+.